The summed E-state index contributed by atoms with van der Waals surface area (Å²) in [5.74, 6) is 2.64. The molecule has 2 N–H and O–H groups in total. The molecule has 0 radical (unpaired) electrons. The number of ether oxygens (including phenoxy) is 1. The Labute approximate surface area is 168 Å². The summed E-state index contributed by atoms with van der Waals surface area (Å²) in [7, 11) is 0. The highest BCUT2D eigenvalue weighted by molar-refractivity contribution is 5.65. The van der Waals surface area contributed by atoms with Crippen LogP contribution < -0.4 is 15.4 Å². The minimum atomic E-state index is 0.202. The first kappa shape index (κ1) is 17.6. The molecule has 0 atom stereocenters. The number of nitrogens with zero attached hydrogens (tertiary/aromatic N) is 4. The maximum absolute atomic E-state index is 9.11. The van der Waals surface area contributed by atoms with E-state index >= 15 is 0 Å². The highest BCUT2D eigenvalue weighted by Gasteiger charge is 2.25. The average molecular weight is 384 g/mol. The Morgan fingerprint density at radius 1 is 1.10 bits per heavy atom. The first-order chi connectivity index (χ1) is 14.3. The van der Waals surface area contributed by atoms with E-state index in [1.807, 2.05) is 12.3 Å². The van der Waals surface area contributed by atoms with E-state index in [1.54, 1.807) is 24.5 Å². The third-order valence-electron chi connectivity index (χ3n) is 5.10. The van der Waals surface area contributed by atoms with E-state index in [0.29, 0.717) is 23.1 Å². The van der Waals surface area contributed by atoms with Gasteiger partial charge in [-0.1, -0.05) is 0 Å². The first-order valence-corrected chi connectivity index (χ1v) is 9.75. The largest absolute Gasteiger partial charge is 0.486 e. The van der Waals surface area contributed by atoms with Gasteiger partial charge in [0.1, 0.15) is 23.5 Å². The maximum atomic E-state index is 9.11. The van der Waals surface area contributed by atoms with Crippen LogP contribution in [-0.2, 0) is 0 Å². The molecule has 0 aromatic carbocycles. The van der Waals surface area contributed by atoms with Crippen molar-refractivity contribution in [3.8, 4) is 23.1 Å². The lowest BCUT2D eigenvalue weighted by Crippen LogP contribution is -2.50. The molecule has 1 aliphatic carbocycles. The summed E-state index contributed by atoms with van der Waals surface area (Å²) in [6.45, 7) is 1.73. The molecule has 3 aromatic heterocycles. The van der Waals surface area contributed by atoms with Gasteiger partial charge in [-0.15, -0.1) is 0 Å². The van der Waals surface area contributed by atoms with Gasteiger partial charge in [0.05, 0.1) is 23.5 Å². The van der Waals surface area contributed by atoms with Crippen molar-refractivity contribution < 1.29 is 4.74 Å². The second kappa shape index (κ2) is 7.49. The second-order valence-corrected chi connectivity index (χ2v) is 7.42. The minimum Gasteiger partial charge on any atom is -0.486 e. The molecule has 7 heteroatoms. The quantitative estimate of drug-likeness (QED) is 0.672. The van der Waals surface area contributed by atoms with Crippen molar-refractivity contribution in [2.24, 2.45) is 0 Å². The van der Waals surface area contributed by atoms with Crippen LogP contribution >= 0.6 is 0 Å². The van der Waals surface area contributed by atoms with E-state index in [2.05, 4.69) is 38.8 Å². The first-order valence-electron chi connectivity index (χ1n) is 9.75. The number of hydrogen-bond acceptors (Lipinski definition) is 7. The molecule has 29 heavy (non-hydrogen) atoms. The monoisotopic (exact) mass is 384 g/mol. The second-order valence-electron chi connectivity index (χ2n) is 7.42. The van der Waals surface area contributed by atoms with E-state index in [0.717, 1.165) is 30.1 Å². The number of hydrogen-bond donors (Lipinski definition) is 2. The number of anilines is 2. The highest BCUT2D eigenvalue weighted by Crippen LogP contribution is 2.42. The van der Waals surface area contributed by atoms with Gasteiger partial charge in [-0.3, -0.25) is 4.98 Å². The summed E-state index contributed by atoms with van der Waals surface area (Å²) in [5, 5.41) is 15.6. The molecule has 144 valence electrons. The van der Waals surface area contributed by atoms with E-state index in [1.165, 1.54) is 18.4 Å². The highest BCUT2D eigenvalue weighted by atomic mass is 16.5. The van der Waals surface area contributed by atoms with Crippen LogP contribution in [0.2, 0.25) is 0 Å². The van der Waals surface area contributed by atoms with Crippen molar-refractivity contribution >= 4 is 11.6 Å². The fourth-order valence-corrected chi connectivity index (χ4v) is 3.28. The van der Waals surface area contributed by atoms with Crippen LogP contribution in [0.5, 0.6) is 5.75 Å². The van der Waals surface area contributed by atoms with Crippen molar-refractivity contribution in [2.75, 3.05) is 18.4 Å². The third-order valence-corrected chi connectivity index (χ3v) is 5.10. The van der Waals surface area contributed by atoms with Crippen LogP contribution in [0.3, 0.4) is 0 Å². The Hall–Kier alpha value is -3.50. The molecular formula is C22H20N6O. The maximum Gasteiger partial charge on any atom is 0.138 e. The Kier molecular flexibility index (Phi) is 4.54. The molecule has 0 spiro atoms. The fourth-order valence-electron chi connectivity index (χ4n) is 3.28. The molecule has 2 aliphatic rings. The van der Waals surface area contributed by atoms with E-state index in [9.17, 15) is 0 Å². The zero-order valence-corrected chi connectivity index (χ0v) is 15.8. The lowest BCUT2D eigenvalue weighted by Gasteiger charge is -2.27. The van der Waals surface area contributed by atoms with Gasteiger partial charge in [-0.25, -0.2) is 9.97 Å². The smallest absolute Gasteiger partial charge is 0.138 e. The number of nitrogens with one attached hydrogen (secondary N) is 2. The number of nitriles is 1. The molecule has 0 unspecified atom stereocenters. The van der Waals surface area contributed by atoms with Gasteiger partial charge in [0.25, 0.3) is 0 Å². The van der Waals surface area contributed by atoms with Crippen LogP contribution in [0, 0.1) is 11.3 Å². The van der Waals surface area contributed by atoms with Gasteiger partial charge >= 0.3 is 0 Å². The van der Waals surface area contributed by atoms with Crippen molar-refractivity contribution in [3.63, 3.8) is 0 Å². The average Bonchev–Trinajstić information content (AvgIpc) is 3.56. The van der Waals surface area contributed by atoms with E-state index < -0.39 is 0 Å². The van der Waals surface area contributed by atoms with Crippen molar-refractivity contribution in [3.05, 3.63) is 60.0 Å². The molecule has 1 aliphatic heterocycles. The van der Waals surface area contributed by atoms with Gasteiger partial charge < -0.3 is 15.4 Å². The van der Waals surface area contributed by atoms with Gasteiger partial charge in [-0.05, 0) is 54.7 Å². The van der Waals surface area contributed by atoms with E-state index in [4.69, 9.17) is 15.0 Å². The van der Waals surface area contributed by atoms with Gasteiger partial charge in [0.15, 0.2) is 0 Å². The summed E-state index contributed by atoms with van der Waals surface area (Å²) in [4.78, 5) is 13.4. The zero-order chi connectivity index (χ0) is 19.6. The molecule has 3 aromatic rings. The Morgan fingerprint density at radius 3 is 2.76 bits per heavy atom. The van der Waals surface area contributed by atoms with Crippen molar-refractivity contribution in [1.29, 1.82) is 5.26 Å². The zero-order valence-electron chi connectivity index (χ0n) is 15.8. The standard InChI is InChI=1S/C22H20N6O/c23-9-14-3-4-26-21(5-14)28-22-8-16(15-1-2-15)7-20(27-22)17-6-18(11-24-10-17)29-19-12-25-13-19/h3-8,10-11,15,19,25H,1-2,12-13H2,(H,26,27,28). The fraction of sp³-hybridized carbons (Fsp3) is 0.273. The van der Waals surface area contributed by atoms with Crippen LogP contribution in [0.15, 0.2) is 48.9 Å². The number of aromatic nitrogens is 3. The summed E-state index contributed by atoms with van der Waals surface area (Å²) in [6, 6.07) is 11.7. The summed E-state index contributed by atoms with van der Waals surface area (Å²) in [5.41, 5.74) is 3.57. The predicted molar refractivity (Wildman–Crippen MR) is 109 cm³/mol. The summed E-state index contributed by atoms with van der Waals surface area (Å²) >= 11 is 0. The lowest BCUT2D eigenvalue weighted by molar-refractivity contribution is 0.142. The Balaban J connectivity index is 1.46. The molecule has 0 bridgehead atoms. The molecule has 1 saturated heterocycles. The van der Waals surface area contributed by atoms with Crippen LogP contribution in [-0.4, -0.2) is 34.1 Å². The molecule has 4 heterocycles. The van der Waals surface area contributed by atoms with Gasteiger partial charge in [0.2, 0.25) is 0 Å². The van der Waals surface area contributed by atoms with Gasteiger partial charge in [0, 0.05) is 31.0 Å². The van der Waals surface area contributed by atoms with Gasteiger partial charge in [-0.2, -0.15) is 5.26 Å². The molecule has 1 saturated carbocycles. The summed E-state index contributed by atoms with van der Waals surface area (Å²) < 4.78 is 5.94. The van der Waals surface area contributed by atoms with Crippen LogP contribution in [0.25, 0.3) is 11.3 Å². The SMILES string of the molecule is N#Cc1ccnc(Nc2cc(C3CC3)cc(-c3cncc(OC4CNC4)c3)n2)c1. The third kappa shape index (κ3) is 4.03. The Bertz CT molecular complexity index is 1080. The minimum absolute atomic E-state index is 0.202. The molecule has 7 nitrogen and oxygen atoms in total. The number of rotatable bonds is 6. The molecular weight excluding hydrogens is 364 g/mol. The van der Waals surface area contributed by atoms with Crippen LogP contribution in [0.4, 0.5) is 11.6 Å². The normalized spacial score (nSPS) is 16.0. The van der Waals surface area contributed by atoms with Crippen molar-refractivity contribution in [1.82, 2.24) is 20.3 Å². The topological polar surface area (TPSA) is 95.8 Å². The van der Waals surface area contributed by atoms with Crippen LogP contribution in [0.1, 0.15) is 29.9 Å². The lowest BCUT2D eigenvalue weighted by atomic mass is 10.1. The Morgan fingerprint density at radius 2 is 2.00 bits per heavy atom. The number of pyridine rings is 3. The molecule has 0 amide bonds. The predicted octanol–water partition coefficient (Wildman–Crippen LogP) is 3.38. The summed E-state index contributed by atoms with van der Waals surface area (Å²) in [6.07, 6.45) is 7.76. The van der Waals surface area contributed by atoms with E-state index in [-0.39, 0.29) is 6.10 Å². The molecule has 2 fully saturated rings. The molecule has 5 rings (SSSR count). The van der Waals surface area contributed by atoms with Crippen molar-refractivity contribution in [2.45, 2.75) is 24.9 Å².